The minimum absolute atomic E-state index is 0.161. The van der Waals surface area contributed by atoms with Crippen LogP contribution in [0.3, 0.4) is 0 Å². The van der Waals surface area contributed by atoms with E-state index in [0.717, 1.165) is 21.6 Å². The third-order valence-electron chi connectivity index (χ3n) is 5.64. The number of imide groups is 2. The van der Waals surface area contributed by atoms with E-state index in [0.29, 0.717) is 27.0 Å². The quantitative estimate of drug-likeness (QED) is 0.362. The number of amides is 4. The molecule has 1 heterocycles. The van der Waals surface area contributed by atoms with Gasteiger partial charge < -0.3 is 4.74 Å². The average Bonchev–Trinajstić information content (AvgIpc) is 2.83. The fraction of sp³-hybridized carbons (Fsp3) is 0.111. The Labute approximate surface area is 210 Å². The van der Waals surface area contributed by atoms with Gasteiger partial charge in [0, 0.05) is 5.56 Å². The van der Waals surface area contributed by atoms with Gasteiger partial charge in [-0.1, -0.05) is 30.3 Å². The van der Waals surface area contributed by atoms with Gasteiger partial charge in [-0.05, 0) is 82.9 Å². The molecule has 0 radical (unpaired) electrons. The number of urea groups is 1. The number of rotatable bonds is 5. The van der Waals surface area contributed by atoms with Crippen LogP contribution in [0.25, 0.3) is 6.08 Å². The standard InChI is InChI=1S/C27H20BrN3O4/c1-16-7-9-21(11-17(16)2)31-26(33)22(25(32)30-27(31)34)12-18-8-10-24(23(28)13-18)35-15-20-6-4-3-5-19(20)14-29/h3-13H,15H2,1-2H3,(H,30,32,34)/b22-12+. The first-order valence-electron chi connectivity index (χ1n) is 10.7. The first kappa shape index (κ1) is 23.9. The highest BCUT2D eigenvalue weighted by Crippen LogP contribution is 2.29. The van der Waals surface area contributed by atoms with E-state index in [9.17, 15) is 19.6 Å². The van der Waals surface area contributed by atoms with E-state index in [1.165, 1.54) is 6.08 Å². The highest BCUT2D eigenvalue weighted by atomic mass is 79.9. The number of halogens is 1. The lowest BCUT2D eigenvalue weighted by atomic mass is 10.0. The van der Waals surface area contributed by atoms with Crippen molar-refractivity contribution >= 4 is 45.5 Å². The minimum Gasteiger partial charge on any atom is -0.488 e. The predicted octanol–water partition coefficient (Wildman–Crippen LogP) is 5.18. The first-order chi connectivity index (χ1) is 16.8. The Kier molecular flexibility index (Phi) is 6.80. The largest absolute Gasteiger partial charge is 0.488 e. The van der Waals surface area contributed by atoms with Crippen LogP contribution in [0.15, 0.2) is 70.7 Å². The Balaban J connectivity index is 1.58. The Morgan fingerprint density at radius 3 is 2.51 bits per heavy atom. The molecule has 0 saturated carbocycles. The van der Waals surface area contributed by atoms with E-state index >= 15 is 0 Å². The van der Waals surface area contributed by atoms with Gasteiger partial charge in [0.05, 0.1) is 21.8 Å². The SMILES string of the molecule is Cc1ccc(N2C(=O)NC(=O)/C(=C\c3ccc(OCc4ccccc4C#N)c(Br)c3)C2=O)cc1C. The number of benzene rings is 3. The lowest BCUT2D eigenvalue weighted by Gasteiger charge is -2.26. The molecule has 1 fully saturated rings. The van der Waals surface area contributed by atoms with Crippen molar-refractivity contribution < 1.29 is 19.1 Å². The van der Waals surface area contributed by atoms with E-state index < -0.39 is 17.8 Å². The van der Waals surface area contributed by atoms with E-state index in [1.54, 1.807) is 42.5 Å². The predicted molar refractivity (Wildman–Crippen MR) is 135 cm³/mol. The van der Waals surface area contributed by atoms with Gasteiger partial charge in [-0.25, -0.2) is 9.69 Å². The number of aryl methyl sites for hydroxylation is 2. The molecule has 4 amide bonds. The summed E-state index contributed by atoms with van der Waals surface area (Å²) in [4.78, 5) is 39.0. The second-order valence-electron chi connectivity index (χ2n) is 7.97. The monoisotopic (exact) mass is 529 g/mol. The molecule has 3 aromatic carbocycles. The van der Waals surface area contributed by atoms with E-state index in [-0.39, 0.29) is 12.2 Å². The molecule has 0 aliphatic carbocycles. The smallest absolute Gasteiger partial charge is 0.335 e. The van der Waals surface area contributed by atoms with Crippen molar-refractivity contribution in [3.8, 4) is 11.8 Å². The maximum absolute atomic E-state index is 13.1. The fourth-order valence-corrected chi connectivity index (χ4v) is 4.07. The van der Waals surface area contributed by atoms with Crippen molar-refractivity contribution in [1.29, 1.82) is 5.26 Å². The Bertz CT molecular complexity index is 1440. The molecule has 3 aromatic rings. The van der Waals surface area contributed by atoms with Gasteiger partial charge in [-0.2, -0.15) is 5.26 Å². The highest BCUT2D eigenvalue weighted by Gasteiger charge is 2.36. The zero-order valence-electron chi connectivity index (χ0n) is 19.0. The Morgan fingerprint density at radius 2 is 1.80 bits per heavy atom. The van der Waals surface area contributed by atoms with Crippen LogP contribution in [-0.4, -0.2) is 17.8 Å². The summed E-state index contributed by atoms with van der Waals surface area (Å²) in [7, 11) is 0. The summed E-state index contributed by atoms with van der Waals surface area (Å²) >= 11 is 3.45. The van der Waals surface area contributed by atoms with Crippen LogP contribution < -0.4 is 15.0 Å². The van der Waals surface area contributed by atoms with Gasteiger partial charge in [-0.15, -0.1) is 0 Å². The number of ether oxygens (including phenoxy) is 1. The molecule has 0 atom stereocenters. The van der Waals surface area contributed by atoms with Crippen molar-refractivity contribution in [3.05, 3.63) is 98.5 Å². The number of barbiturate groups is 1. The molecule has 0 bridgehead atoms. The van der Waals surface area contributed by atoms with Crippen LogP contribution in [0.4, 0.5) is 10.5 Å². The van der Waals surface area contributed by atoms with Crippen molar-refractivity contribution in [2.45, 2.75) is 20.5 Å². The molecule has 174 valence electrons. The number of hydrogen-bond acceptors (Lipinski definition) is 5. The number of hydrogen-bond donors (Lipinski definition) is 1. The number of nitrogens with zero attached hydrogens (tertiary/aromatic N) is 2. The molecule has 0 unspecified atom stereocenters. The number of carbonyl (C=O) groups excluding carboxylic acids is 3. The summed E-state index contributed by atoms with van der Waals surface area (Å²) in [5, 5.41) is 11.5. The van der Waals surface area contributed by atoms with Crippen molar-refractivity contribution in [2.75, 3.05) is 4.90 Å². The van der Waals surface area contributed by atoms with Crippen LogP contribution in [0.1, 0.15) is 27.8 Å². The van der Waals surface area contributed by atoms with Gasteiger partial charge in [0.1, 0.15) is 17.9 Å². The summed E-state index contributed by atoms with van der Waals surface area (Å²) in [6.45, 7) is 4.02. The molecule has 35 heavy (non-hydrogen) atoms. The maximum atomic E-state index is 13.1. The number of nitrogens with one attached hydrogen (secondary N) is 1. The Hall–Kier alpha value is -4.22. The molecule has 1 N–H and O–H groups in total. The number of carbonyl (C=O) groups is 3. The molecule has 0 aromatic heterocycles. The molecule has 8 heteroatoms. The third-order valence-corrected chi connectivity index (χ3v) is 6.26. The van der Waals surface area contributed by atoms with Crippen LogP contribution in [0.5, 0.6) is 5.75 Å². The second-order valence-corrected chi connectivity index (χ2v) is 8.83. The molecule has 7 nitrogen and oxygen atoms in total. The van der Waals surface area contributed by atoms with E-state index in [2.05, 4.69) is 27.3 Å². The van der Waals surface area contributed by atoms with Gasteiger partial charge in [0.2, 0.25) is 0 Å². The molecule has 1 saturated heterocycles. The van der Waals surface area contributed by atoms with Gasteiger partial charge in [-0.3, -0.25) is 14.9 Å². The minimum atomic E-state index is -0.789. The van der Waals surface area contributed by atoms with Crippen molar-refractivity contribution in [3.63, 3.8) is 0 Å². The van der Waals surface area contributed by atoms with Crippen LogP contribution in [0, 0.1) is 25.2 Å². The fourth-order valence-electron chi connectivity index (χ4n) is 3.56. The molecular weight excluding hydrogens is 510 g/mol. The topological polar surface area (TPSA) is 99.5 Å². The summed E-state index contributed by atoms with van der Waals surface area (Å²) in [5.41, 5.74) is 4.02. The molecule has 1 aliphatic rings. The normalized spacial score (nSPS) is 14.6. The van der Waals surface area contributed by atoms with Gasteiger partial charge in [0.15, 0.2) is 0 Å². The van der Waals surface area contributed by atoms with Crippen molar-refractivity contribution in [2.24, 2.45) is 0 Å². The lowest BCUT2D eigenvalue weighted by Crippen LogP contribution is -2.54. The highest BCUT2D eigenvalue weighted by molar-refractivity contribution is 9.10. The first-order valence-corrected chi connectivity index (χ1v) is 11.5. The summed E-state index contributed by atoms with van der Waals surface area (Å²) in [6, 6.07) is 18.8. The van der Waals surface area contributed by atoms with Gasteiger partial charge in [0.25, 0.3) is 11.8 Å². The second kappa shape index (κ2) is 9.95. The maximum Gasteiger partial charge on any atom is 0.335 e. The molecule has 1 aliphatic heterocycles. The van der Waals surface area contributed by atoms with Gasteiger partial charge >= 0.3 is 6.03 Å². The summed E-state index contributed by atoms with van der Waals surface area (Å²) in [5.74, 6) is -0.928. The van der Waals surface area contributed by atoms with Crippen molar-refractivity contribution in [1.82, 2.24) is 5.32 Å². The molecule has 0 spiro atoms. The Morgan fingerprint density at radius 1 is 1.03 bits per heavy atom. The van der Waals surface area contributed by atoms with Crippen LogP contribution >= 0.6 is 15.9 Å². The lowest BCUT2D eigenvalue weighted by molar-refractivity contribution is -0.122. The third kappa shape index (κ3) is 5.00. The average molecular weight is 530 g/mol. The summed E-state index contributed by atoms with van der Waals surface area (Å²) in [6.07, 6.45) is 1.43. The van der Waals surface area contributed by atoms with Crippen LogP contribution in [0.2, 0.25) is 0 Å². The summed E-state index contributed by atoms with van der Waals surface area (Å²) < 4.78 is 6.45. The van der Waals surface area contributed by atoms with E-state index in [1.807, 2.05) is 32.0 Å². The molecular formula is C27H20BrN3O4. The zero-order valence-corrected chi connectivity index (χ0v) is 20.5. The molecule has 4 rings (SSSR count). The number of nitriles is 1. The van der Waals surface area contributed by atoms with Crippen LogP contribution in [-0.2, 0) is 16.2 Å². The number of anilines is 1. The zero-order chi connectivity index (χ0) is 25.1. The van der Waals surface area contributed by atoms with E-state index in [4.69, 9.17) is 4.74 Å².